The van der Waals surface area contributed by atoms with Gasteiger partial charge in [0, 0.05) is 51.4 Å². The summed E-state index contributed by atoms with van der Waals surface area (Å²) in [4.78, 5) is 38.3. The minimum absolute atomic E-state index is 0.00198. The van der Waals surface area contributed by atoms with E-state index in [1.165, 1.54) is 0 Å². The molecule has 14 nitrogen and oxygen atoms in total. The van der Waals surface area contributed by atoms with E-state index in [0.717, 1.165) is 12.8 Å². The van der Waals surface area contributed by atoms with Gasteiger partial charge in [0.25, 0.3) is 0 Å². The lowest BCUT2D eigenvalue weighted by atomic mass is 10.1. The Morgan fingerprint density at radius 1 is 0.806 bits per heavy atom. The fourth-order valence-electron chi connectivity index (χ4n) is 2.56. The molecule has 0 rings (SSSR count). The summed E-state index contributed by atoms with van der Waals surface area (Å²) in [6.07, 6.45) is 3.42. The molecule has 6 amide bonds. The first-order chi connectivity index (χ1) is 14.7. The highest BCUT2D eigenvalue weighted by Gasteiger charge is 2.12. The maximum Gasteiger partial charge on any atom is 0.314 e. The van der Waals surface area contributed by atoms with Crippen molar-refractivity contribution >= 4 is 24.1 Å². The van der Waals surface area contributed by atoms with E-state index >= 15 is 0 Å². The van der Waals surface area contributed by atoms with E-state index in [4.69, 9.17) is 28.7 Å². The molecular weight excluding hydrogens is 406 g/mol. The summed E-state index contributed by atoms with van der Waals surface area (Å²) < 4.78 is 0. The highest BCUT2D eigenvalue weighted by Crippen LogP contribution is 1.99. The zero-order chi connectivity index (χ0) is 23.5. The Morgan fingerprint density at radius 2 is 1.45 bits per heavy atom. The largest absolute Gasteiger partial charge is 0.370 e. The van der Waals surface area contributed by atoms with E-state index < -0.39 is 6.03 Å². The van der Waals surface area contributed by atoms with Crippen molar-refractivity contribution in [2.75, 3.05) is 39.3 Å². The lowest BCUT2D eigenvalue weighted by molar-refractivity contribution is 0.234. The Kier molecular flexibility index (Phi) is 16.1. The van der Waals surface area contributed by atoms with Crippen molar-refractivity contribution in [1.82, 2.24) is 26.6 Å². The minimum atomic E-state index is -0.670. The molecule has 180 valence electrons. The molecule has 0 saturated heterocycles. The van der Waals surface area contributed by atoms with E-state index in [0.29, 0.717) is 52.0 Å². The number of urea groups is 3. The van der Waals surface area contributed by atoms with Crippen LogP contribution in [0.25, 0.3) is 0 Å². The van der Waals surface area contributed by atoms with Crippen LogP contribution in [0.15, 0.2) is 4.99 Å². The smallest absolute Gasteiger partial charge is 0.314 e. The van der Waals surface area contributed by atoms with Gasteiger partial charge < -0.3 is 55.3 Å². The quantitative estimate of drug-likeness (QED) is 0.0674. The Balaban J connectivity index is 3.90. The van der Waals surface area contributed by atoms with Gasteiger partial charge >= 0.3 is 18.1 Å². The summed E-state index contributed by atoms with van der Waals surface area (Å²) in [7, 11) is 0. The number of unbranched alkanes of at least 4 members (excludes halogenated alkanes) is 1. The number of carbonyl (C=O) groups is 3. The van der Waals surface area contributed by atoms with Crippen LogP contribution in [0.1, 0.15) is 32.1 Å². The van der Waals surface area contributed by atoms with Gasteiger partial charge in [-0.1, -0.05) is 6.42 Å². The maximum atomic E-state index is 11.9. The predicted molar refractivity (Wildman–Crippen MR) is 120 cm³/mol. The SMILES string of the molecule is NCCNC(=O)NCC(N)CCCCNC(=O)NCC(CCCN=C(N)N)NC(N)=O. The molecular formula is C17H39N11O3. The van der Waals surface area contributed by atoms with Crippen molar-refractivity contribution < 1.29 is 14.4 Å². The zero-order valence-electron chi connectivity index (χ0n) is 18.0. The Labute approximate surface area is 182 Å². The number of carbonyl (C=O) groups excluding carboxylic acids is 3. The van der Waals surface area contributed by atoms with E-state index in [2.05, 4.69) is 31.6 Å². The van der Waals surface area contributed by atoms with Crippen molar-refractivity contribution in [3.63, 3.8) is 0 Å². The molecule has 2 unspecified atom stereocenters. The number of primary amides is 1. The lowest BCUT2D eigenvalue weighted by Crippen LogP contribution is -2.48. The van der Waals surface area contributed by atoms with Crippen molar-refractivity contribution in [3.05, 3.63) is 0 Å². The van der Waals surface area contributed by atoms with Gasteiger partial charge in [-0.25, -0.2) is 14.4 Å². The van der Waals surface area contributed by atoms with E-state index in [1.807, 2.05) is 0 Å². The van der Waals surface area contributed by atoms with Gasteiger partial charge in [-0.15, -0.1) is 0 Å². The Bertz CT molecular complexity index is 555. The third-order valence-electron chi connectivity index (χ3n) is 4.10. The molecule has 0 aliphatic heterocycles. The molecule has 31 heavy (non-hydrogen) atoms. The molecule has 0 radical (unpaired) electrons. The Morgan fingerprint density at radius 3 is 2.06 bits per heavy atom. The van der Waals surface area contributed by atoms with Crippen molar-refractivity contribution in [1.29, 1.82) is 0 Å². The molecule has 15 N–H and O–H groups in total. The van der Waals surface area contributed by atoms with E-state index in [1.54, 1.807) is 0 Å². The summed E-state index contributed by atoms with van der Waals surface area (Å²) in [6, 6.07) is -1.80. The molecule has 0 aromatic rings. The second-order valence-electron chi connectivity index (χ2n) is 6.97. The maximum absolute atomic E-state index is 11.9. The van der Waals surface area contributed by atoms with Crippen molar-refractivity contribution in [2.24, 2.45) is 33.7 Å². The summed E-state index contributed by atoms with van der Waals surface area (Å²) in [6.45, 7) is 2.26. The van der Waals surface area contributed by atoms with E-state index in [-0.39, 0.29) is 36.7 Å². The molecule has 2 atom stereocenters. The topological polar surface area (TPSA) is 254 Å². The second kappa shape index (κ2) is 17.8. The number of aliphatic imine (C=N–C) groups is 1. The highest BCUT2D eigenvalue weighted by atomic mass is 16.2. The van der Waals surface area contributed by atoms with Crippen molar-refractivity contribution in [2.45, 2.75) is 44.2 Å². The first-order valence-corrected chi connectivity index (χ1v) is 10.3. The number of rotatable bonds is 16. The van der Waals surface area contributed by atoms with Crippen LogP contribution in [-0.4, -0.2) is 75.4 Å². The van der Waals surface area contributed by atoms with Gasteiger partial charge in [0.05, 0.1) is 0 Å². The average Bonchev–Trinajstić information content (AvgIpc) is 2.70. The average molecular weight is 446 g/mol. The summed E-state index contributed by atoms with van der Waals surface area (Å²) in [5.74, 6) is 0.00198. The summed E-state index contributed by atoms with van der Waals surface area (Å²) in [5.41, 5.74) is 26.9. The van der Waals surface area contributed by atoms with Gasteiger partial charge in [-0.2, -0.15) is 0 Å². The van der Waals surface area contributed by atoms with Crippen LogP contribution in [0.4, 0.5) is 14.4 Å². The molecule has 0 aliphatic rings. The standard InChI is InChI=1S/C17H39N11O3/c18-6-9-25-17(31)26-10-12(19)4-1-2-7-24-16(30)27-11-13(28-15(22)29)5-3-8-23-14(20)21/h12-13H,1-11,18-19H2,(H4,20,21,23)(H3,22,28,29)(H2,24,27,30)(H2,25,26,31). The molecule has 0 fully saturated rings. The van der Waals surface area contributed by atoms with Crippen LogP contribution >= 0.6 is 0 Å². The van der Waals surface area contributed by atoms with Gasteiger partial charge in [0.15, 0.2) is 5.96 Å². The fourth-order valence-corrected chi connectivity index (χ4v) is 2.56. The fraction of sp³-hybridized carbons (Fsp3) is 0.765. The van der Waals surface area contributed by atoms with E-state index in [9.17, 15) is 14.4 Å². The molecule has 0 heterocycles. The minimum Gasteiger partial charge on any atom is -0.370 e. The molecule has 0 aliphatic carbocycles. The first kappa shape index (κ1) is 28.0. The van der Waals surface area contributed by atoms with Crippen LogP contribution in [0.3, 0.4) is 0 Å². The monoisotopic (exact) mass is 445 g/mol. The Hall–Kier alpha value is -3.00. The number of nitrogens with one attached hydrogen (secondary N) is 5. The highest BCUT2D eigenvalue weighted by molar-refractivity contribution is 5.75. The molecule has 0 spiro atoms. The number of guanidine groups is 1. The molecule has 14 heteroatoms. The molecule has 0 aromatic carbocycles. The molecule has 0 saturated carbocycles. The lowest BCUT2D eigenvalue weighted by Gasteiger charge is -2.18. The van der Waals surface area contributed by atoms with Crippen LogP contribution in [0.2, 0.25) is 0 Å². The van der Waals surface area contributed by atoms with Crippen LogP contribution in [0.5, 0.6) is 0 Å². The summed E-state index contributed by atoms with van der Waals surface area (Å²) in [5, 5.41) is 13.3. The van der Waals surface area contributed by atoms with Crippen LogP contribution in [0, 0.1) is 0 Å². The molecule has 0 aromatic heterocycles. The third-order valence-corrected chi connectivity index (χ3v) is 4.10. The van der Waals surface area contributed by atoms with Gasteiger partial charge in [0.2, 0.25) is 0 Å². The van der Waals surface area contributed by atoms with Crippen molar-refractivity contribution in [3.8, 4) is 0 Å². The second-order valence-corrected chi connectivity index (χ2v) is 6.97. The number of amides is 6. The first-order valence-electron chi connectivity index (χ1n) is 10.3. The number of hydrogen-bond donors (Lipinski definition) is 10. The number of nitrogens with two attached hydrogens (primary N) is 5. The molecule has 0 bridgehead atoms. The van der Waals surface area contributed by atoms with Gasteiger partial charge in [-0.05, 0) is 25.7 Å². The van der Waals surface area contributed by atoms with Crippen LogP contribution in [-0.2, 0) is 0 Å². The third kappa shape index (κ3) is 18.8. The zero-order valence-corrected chi connectivity index (χ0v) is 18.0. The summed E-state index contributed by atoms with van der Waals surface area (Å²) >= 11 is 0. The number of hydrogen-bond acceptors (Lipinski definition) is 6. The normalized spacial score (nSPS) is 12.2. The number of nitrogens with zero attached hydrogens (tertiary/aromatic N) is 1. The van der Waals surface area contributed by atoms with Gasteiger partial charge in [-0.3, -0.25) is 4.99 Å². The van der Waals surface area contributed by atoms with Gasteiger partial charge in [0.1, 0.15) is 0 Å². The van der Waals surface area contributed by atoms with Crippen LogP contribution < -0.4 is 55.3 Å². The predicted octanol–water partition coefficient (Wildman–Crippen LogP) is -2.87.